The van der Waals surface area contributed by atoms with Gasteiger partial charge in [0.1, 0.15) is 11.5 Å². The van der Waals surface area contributed by atoms with E-state index in [1.807, 2.05) is 0 Å². The molecule has 0 unspecified atom stereocenters. The zero-order chi connectivity index (χ0) is 16.1. The molecule has 0 aliphatic heterocycles. The maximum atomic E-state index is 12.0. The second kappa shape index (κ2) is 6.95. The van der Waals surface area contributed by atoms with E-state index in [1.165, 1.54) is 13.2 Å². The van der Waals surface area contributed by atoms with Crippen molar-refractivity contribution in [3.05, 3.63) is 58.6 Å². The van der Waals surface area contributed by atoms with Gasteiger partial charge in [0.15, 0.2) is 0 Å². The molecular weight excluding hydrogens is 304 g/mol. The van der Waals surface area contributed by atoms with Crippen molar-refractivity contribution in [2.24, 2.45) is 5.10 Å². The van der Waals surface area contributed by atoms with E-state index in [2.05, 4.69) is 10.5 Å². The van der Waals surface area contributed by atoms with Crippen molar-refractivity contribution in [2.75, 3.05) is 7.11 Å². The van der Waals surface area contributed by atoms with Gasteiger partial charge >= 0.3 is 0 Å². The maximum absolute atomic E-state index is 12.0. The number of hydrogen-bond acceptors (Lipinski definition) is 4. The minimum Gasteiger partial charge on any atom is -0.507 e. The molecule has 0 heterocycles. The molecule has 22 heavy (non-hydrogen) atoms. The van der Waals surface area contributed by atoms with Gasteiger partial charge in [-0.25, -0.2) is 5.43 Å². The zero-order valence-electron chi connectivity index (χ0n) is 12.1. The van der Waals surface area contributed by atoms with Gasteiger partial charge in [-0.3, -0.25) is 4.79 Å². The summed E-state index contributed by atoms with van der Waals surface area (Å²) in [6, 6.07) is 11.2. The number of nitrogens with one attached hydrogen (secondary N) is 1. The number of hydrazone groups is 1. The highest BCUT2D eigenvalue weighted by Gasteiger charge is 2.08. The second-order valence-corrected chi connectivity index (χ2v) is 4.96. The predicted octanol–water partition coefficient (Wildman–Crippen LogP) is 3.21. The van der Waals surface area contributed by atoms with Gasteiger partial charge in [-0.05, 0) is 49.4 Å². The summed E-state index contributed by atoms with van der Waals surface area (Å²) in [7, 11) is 1.53. The number of amides is 1. The van der Waals surface area contributed by atoms with Crippen LogP contribution in [0.5, 0.6) is 11.5 Å². The lowest BCUT2D eigenvalue weighted by atomic mass is 10.1. The Labute approximate surface area is 133 Å². The van der Waals surface area contributed by atoms with Crippen molar-refractivity contribution < 1.29 is 14.6 Å². The first kappa shape index (κ1) is 15.9. The van der Waals surface area contributed by atoms with Gasteiger partial charge in [0.05, 0.1) is 12.8 Å². The standard InChI is InChI=1S/C16H15ClN2O3/c1-10(14-9-13(22-2)7-8-15(14)20)18-19-16(21)11-3-5-12(17)6-4-11/h3-9,20H,1-2H3,(H,19,21)/b18-10+. The normalized spacial score (nSPS) is 11.1. The Morgan fingerprint density at radius 3 is 2.55 bits per heavy atom. The lowest BCUT2D eigenvalue weighted by molar-refractivity contribution is 0.0955. The first-order chi connectivity index (χ1) is 10.5. The van der Waals surface area contributed by atoms with Crippen LogP contribution in [0.1, 0.15) is 22.8 Å². The smallest absolute Gasteiger partial charge is 0.271 e. The molecule has 0 saturated carbocycles. The molecule has 6 heteroatoms. The monoisotopic (exact) mass is 318 g/mol. The number of carbonyl (C=O) groups excluding carboxylic acids is 1. The van der Waals surface area contributed by atoms with Crippen LogP contribution in [0.3, 0.4) is 0 Å². The molecule has 5 nitrogen and oxygen atoms in total. The molecule has 0 bridgehead atoms. The molecule has 2 aromatic carbocycles. The van der Waals surface area contributed by atoms with Gasteiger partial charge < -0.3 is 9.84 Å². The lowest BCUT2D eigenvalue weighted by Crippen LogP contribution is -2.19. The summed E-state index contributed by atoms with van der Waals surface area (Å²) in [6.07, 6.45) is 0. The zero-order valence-corrected chi connectivity index (χ0v) is 12.9. The van der Waals surface area contributed by atoms with E-state index >= 15 is 0 Å². The summed E-state index contributed by atoms with van der Waals surface area (Å²) >= 11 is 5.77. The number of hydrogen-bond donors (Lipinski definition) is 2. The average Bonchev–Trinajstić information content (AvgIpc) is 2.53. The molecule has 0 aliphatic carbocycles. The minimum absolute atomic E-state index is 0.0581. The second-order valence-electron chi connectivity index (χ2n) is 4.53. The van der Waals surface area contributed by atoms with Crippen molar-refractivity contribution in [3.8, 4) is 11.5 Å². The summed E-state index contributed by atoms with van der Waals surface area (Å²) in [4.78, 5) is 12.0. The van der Waals surface area contributed by atoms with E-state index < -0.39 is 0 Å². The van der Waals surface area contributed by atoms with Crippen molar-refractivity contribution in [1.82, 2.24) is 5.43 Å². The maximum Gasteiger partial charge on any atom is 0.271 e. The Balaban J connectivity index is 2.15. The molecule has 0 fully saturated rings. The van der Waals surface area contributed by atoms with E-state index in [0.29, 0.717) is 27.6 Å². The molecule has 0 spiro atoms. The Bertz CT molecular complexity index is 712. The highest BCUT2D eigenvalue weighted by Crippen LogP contribution is 2.23. The minimum atomic E-state index is -0.363. The SMILES string of the molecule is COc1ccc(O)c(/C(C)=N/NC(=O)c2ccc(Cl)cc2)c1. The van der Waals surface area contributed by atoms with Crippen LogP contribution in [-0.4, -0.2) is 23.8 Å². The summed E-state index contributed by atoms with van der Waals surface area (Å²) in [5.41, 5.74) is 3.82. The number of methoxy groups -OCH3 is 1. The van der Waals surface area contributed by atoms with E-state index in [1.54, 1.807) is 43.3 Å². The number of aromatic hydroxyl groups is 1. The molecule has 0 aromatic heterocycles. The number of rotatable bonds is 4. The van der Waals surface area contributed by atoms with Gasteiger partial charge in [0, 0.05) is 16.1 Å². The van der Waals surface area contributed by atoms with Crippen LogP contribution >= 0.6 is 11.6 Å². The van der Waals surface area contributed by atoms with Crippen LogP contribution in [0.2, 0.25) is 5.02 Å². The van der Waals surface area contributed by atoms with Gasteiger partial charge in [-0.2, -0.15) is 5.10 Å². The fourth-order valence-electron chi connectivity index (χ4n) is 1.79. The van der Waals surface area contributed by atoms with E-state index in [9.17, 15) is 9.90 Å². The van der Waals surface area contributed by atoms with Crippen molar-refractivity contribution >= 4 is 23.2 Å². The van der Waals surface area contributed by atoms with E-state index in [-0.39, 0.29) is 11.7 Å². The fourth-order valence-corrected chi connectivity index (χ4v) is 1.92. The van der Waals surface area contributed by atoms with Crippen LogP contribution in [-0.2, 0) is 0 Å². The summed E-state index contributed by atoms with van der Waals surface area (Å²) in [5.74, 6) is 0.285. The molecule has 1 amide bonds. The highest BCUT2D eigenvalue weighted by atomic mass is 35.5. The van der Waals surface area contributed by atoms with Crippen molar-refractivity contribution in [3.63, 3.8) is 0 Å². The van der Waals surface area contributed by atoms with Gasteiger partial charge in [-0.1, -0.05) is 11.6 Å². The number of ether oxygens (including phenoxy) is 1. The quantitative estimate of drug-likeness (QED) is 0.671. The van der Waals surface area contributed by atoms with Gasteiger partial charge in [-0.15, -0.1) is 0 Å². The average molecular weight is 319 g/mol. The lowest BCUT2D eigenvalue weighted by Gasteiger charge is -2.07. The van der Waals surface area contributed by atoms with Crippen LogP contribution in [0.15, 0.2) is 47.6 Å². The Morgan fingerprint density at radius 2 is 1.91 bits per heavy atom. The third kappa shape index (κ3) is 3.77. The van der Waals surface area contributed by atoms with Crippen LogP contribution < -0.4 is 10.2 Å². The predicted molar refractivity (Wildman–Crippen MR) is 85.8 cm³/mol. The van der Waals surface area contributed by atoms with Crippen molar-refractivity contribution in [2.45, 2.75) is 6.92 Å². The van der Waals surface area contributed by atoms with Crippen LogP contribution in [0, 0.1) is 0 Å². The molecule has 2 N–H and O–H groups in total. The number of phenols is 1. The number of carbonyl (C=O) groups is 1. The number of benzene rings is 2. The Morgan fingerprint density at radius 1 is 1.23 bits per heavy atom. The van der Waals surface area contributed by atoms with Gasteiger partial charge in [0.2, 0.25) is 0 Å². The highest BCUT2D eigenvalue weighted by molar-refractivity contribution is 6.30. The molecule has 0 aliphatic rings. The molecule has 0 saturated heterocycles. The molecule has 2 aromatic rings. The molecular formula is C16H15ClN2O3. The van der Waals surface area contributed by atoms with E-state index in [0.717, 1.165) is 0 Å². The third-order valence-corrected chi connectivity index (χ3v) is 3.28. The first-order valence-electron chi connectivity index (χ1n) is 6.49. The molecule has 0 radical (unpaired) electrons. The fraction of sp³-hybridized carbons (Fsp3) is 0.125. The largest absolute Gasteiger partial charge is 0.507 e. The number of phenolic OH excluding ortho intramolecular Hbond substituents is 1. The topological polar surface area (TPSA) is 70.9 Å². The number of nitrogens with zero attached hydrogens (tertiary/aromatic N) is 1. The first-order valence-corrected chi connectivity index (χ1v) is 6.86. The third-order valence-electron chi connectivity index (χ3n) is 3.03. The van der Waals surface area contributed by atoms with Gasteiger partial charge in [0.25, 0.3) is 5.91 Å². The van der Waals surface area contributed by atoms with Crippen LogP contribution in [0.4, 0.5) is 0 Å². The summed E-state index contributed by atoms with van der Waals surface area (Å²) in [6.45, 7) is 1.68. The van der Waals surface area contributed by atoms with Crippen LogP contribution in [0.25, 0.3) is 0 Å². The molecule has 114 valence electrons. The van der Waals surface area contributed by atoms with Crippen molar-refractivity contribution in [1.29, 1.82) is 0 Å². The molecule has 0 atom stereocenters. The number of halogens is 1. The Kier molecular flexibility index (Phi) is 5.01. The Hall–Kier alpha value is -2.53. The summed E-state index contributed by atoms with van der Waals surface area (Å²) in [5, 5.41) is 14.4. The van der Waals surface area contributed by atoms with E-state index in [4.69, 9.17) is 16.3 Å². The summed E-state index contributed by atoms with van der Waals surface area (Å²) < 4.78 is 5.10. The molecule has 2 rings (SSSR count).